The zero-order valence-corrected chi connectivity index (χ0v) is 19.5. The van der Waals surface area contributed by atoms with E-state index in [9.17, 15) is 0 Å². The van der Waals surface area contributed by atoms with Gasteiger partial charge in [-0.2, -0.15) is 36.4 Å². The molecule has 0 saturated heterocycles. The normalized spacial score (nSPS) is 10.1. The second-order valence-electron chi connectivity index (χ2n) is 6.98. The van der Waals surface area contributed by atoms with Crippen molar-refractivity contribution in [2.75, 3.05) is 0 Å². The van der Waals surface area contributed by atoms with Gasteiger partial charge in [-0.25, -0.2) is 9.97 Å². The smallest absolute Gasteiger partial charge is 0.0659 e. The van der Waals surface area contributed by atoms with E-state index in [1.54, 1.807) is 0 Å². The van der Waals surface area contributed by atoms with Crippen molar-refractivity contribution in [1.29, 1.82) is 0 Å². The third kappa shape index (κ3) is 8.15. The van der Waals surface area contributed by atoms with Gasteiger partial charge in [-0.15, -0.1) is 0 Å². The molecular weight excluding hydrogens is 491 g/mol. The van der Waals surface area contributed by atoms with E-state index < -0.39 is 0 Å². The maximum atomic E-state index is 4.62. The molecule has 2 aliphatic heterocycles. The third-order valence-electron chi connectivity index (χ3n) is 4.65. The summed E-state index contributed by atoms with van der Waals surface area (Å²) in [7, 11) is 0. The van der Waals surface area contributed by atoms with E-state index >= 15 is 0 Å². The van der Waals surface area contributed by atoms with Gasteiger partial charge in [0.2, 0.25) is 0 Å². The fourth-order valence-electron chi connectivity index (χ4n) is 3.29. The molecule has 186 valence electrons. The van der Waals surface area contributed by atoms with Crippen molar-refractivity contribution >= 4 is 46.4 Å². The fourth-order valence-corrected chi connectivity index (χ4v) is 3.29. The van der Waals surface area contributed by atoms with Crippen molar-refractivity contribution < 1.29 is 38.4 Å². The summed E-state index contributed by atoms with van der Waals surface area (Å²) in [6, 6.07) is 28.9. The van der Waals surface area contributed by atoms with Gasteiger partial charge >= 0.3 is 0 Å². The Morgan fingerprint density at radius 3 is 1.20 bits per heavy atom. The van der Waals surface area contributed by atoms with Crippen LogP contribution < -0.4 is 0 Å². The van der Waals surface area contributed by atoms with E-state index in [1.807, 2.05) is 72.8 Å². The number of nitrogens with one attached hydrogen (secondary N) is 2. The minimum atomic E-state index is 0. The van der Waals surface area contributed by atoms with Gasteiger partial charge < -0.3 is 31.9 Å². The van der Waals surface area contributed by atoms with Gasteiger partial charge in [-0.3, -0.25) is 0 Å². The molecule has 0 aliphatic carbocycles. The molecule has 1 aromatic carbocycles. The van der Waals surface area contributed by atoms with Crippen LogP contribution in [0.25, 0.3) is 46.4 Å². The molecule has 5 heterocycles. The maximum absolute atomic E-state index is 4.62. The SMILES string of the molecule is C1=Cc2cc3ccc(cc4ccc(cc5nc(cc1n2)C=C5)[nH]4)[nH]3.O.O.O.O.[Ni].[c-]1ccccc1. The molecule has 0 unspecified atom stereocenters. The zero-order chi connectivity index (χ0) is 20.2. The van der Waals surface area contributed by atoms with E-state index in [2.05, 4.69) is 56.3 Å². The minimum absolute atomic E-state index is 0. The molecule has 35 heavy (non-hydrogen) atoms. The number of benzene rings is 1. The minimum Gasteiger partial charge on any atom is -0.412 e. The number of rotatable bonds is 0. The molecule has 8 bridgehead atoms. The molecule has 3 aromatic heterocycles. The van der Waals surface area contributed by atoms with Crippen molar-refractivity contribution in [1.82, 2.24) is 19.9 Å². The largest absolute Gasteiger partial charge is 0.412 e. The van der Waals surface area contributed by atoms with Crippen molar-refractivity contribution in [3.63, 3.8) is 0 Å². The summed E-state index contributed by atoms with van der Waals surface area (Å²) in [6.07, 6.45) is 8.05. The summed E-state index contributed by atoms with van der Waals surface area (Å²) in [5, 5.41) is 0. The van der Waals surface area contributed by atoms with Crippen LogP contribution in [0.4, 0.5) is 0 Å². The van der Waals surface area contributed by atoms with Crippen molar-refractivity contribution in [2.24, 2.45) is 0 Å². The topological polar surface area (TPSA) is 183 Å². The van der Waals surface area contributed by atoms with Crippen LogP contribution in [0.3, 0.4) is 0 Å². The predicted molar refractivity (Wildman–Crippen MR) is 139 cm³/mol. The van der Waals surface area contributed by atoms with Crippen LogP contribution in [0.1, 0.15) is 22.8 Å². The summed E-state index contributed by atoms with van der Waals surface area (Å²) in [4.78, 5) is 16.0. The van der Waals surface area contributed by atoms with Gasteiger partial charge in [-0.1, -0.05) is 0 Å². The molecule has 2 aliphatic rings. The molecule has 0 saturated carbocycles. The Hall–Kier alpha value is -3.85. The molecule has 10 N–H and O–H groups in total. The predicted octanol–water partition coefficient (Wildman–Crippen LogP) is 2.84. The summed E-state index contributed by atoms with van der Waals surface area (Å²) < 4.78 is 0. The van der Waals surface area contributed by atoms with Crippen molar-refractivity contribution in [2.45, 2.75) is 0 Å². The second-order valence-corrected chi connectivity index (χ2v) is 6.98. The number of fused-ring (bicyclic) bond motifs is 8. The Balaban J connectivity index is 0.000000936. The summed E-state index contributed by atoms with van der Waals surface area (Å²) in [5.74, 6) is 0. The molecular formula is C26H27N4NiO4-. The molecule has 4 aromatic rings. The van der Waals surface area contributed by atoms with Crippen LogP contribution >= 0.6 is 0 Å². The first-order valence-corrected chi connectivity index (χ1v) is 9.76. The molecule has 0 radical (unpaired) electrons. The zero-order valence-electron chi connectivity index (χ0n) is 18.5. The van der Waals surface area contributed by atoms with Gasteiger partial charge in [-0.05, 0) is 72.8 Å². The van der Waals surface area contributed by atoms with E-state index in [0.29, 0.717) is 0 Å². The Morgan fingerprint density at radius 1 is 0.486 bits per heavy atom. The Kier molecular flexibility index (Phi) is 12.8. The number of hydrogen-bond acceptors (Lipinski definition) is 2. The van der Waals surface area contributed by atoms with E-state index in [-0.39, 0.29) is 38.4 Å². The first-order valence-electron chi connectivity index (χ1n) is 9.76. The fraction of sp³-hybridized carbons (Fsp3) is 0. The van der Waals surface area contributed by atoms with Gasteiger partial charge in [0.25, 0.3) is 0 Å². The molecule has 0 atom stereocenters. The number of aromatic amines is 2. The van der Waals surface area contributed by atoms with E-state index in [1.165, 1.54) is 0 Å². The summed E-state index contributed by atoms with van der Waals surface area (Å²) in [6.45, 7) is 0. The first kappa shape index (κ1) is 31.2. The molecule has 0 fully saturated rings. The molecule has 0 amide bonds. The van der Waals surface area contributed by atoms with Gasteiger partial charge in [0.05, 0.1) is 22.8 Å². The van der Waals surface area contributed by atoms with Gasteiger partial charge in [0.15, 0.2) is 0 Å². The Bertz CT molecular complexity index is 1300. The average molecular weight is 518 g/mol. The second kappa shape index (κ2) is 14.4. The van der Waals surface area contributed by atoms with Gasteiger partial charge in [0, 0.05) is 38.6 Å². The standard InChI is InChI=1S/C20H14N4.C6H5.Ni.4H2O/c1-2-14-10-16-5-6-18(23-16)12-20-8-7-19(24-20)11-17-4-3-15(22-17)9-13(1)21-14;1-2-4-6-5-3-1;;;;;/h1-12,21-22H;1-5H;;4*1H2/q;-1;;;;;. The van der Waals surface area contributed by atoms with Crippen LogP contribution in [0, 0.1) is 6.07 Å². The van der Waals surface area contributed by atoms with E-state index in [0.717, 1.165) is 44.8 Å². The quantitative estimate of drug-likeness (QED) is 0.232. The van der Waals surface area contributed by atoms with Crippen molar-refractivity contribution in [3.05, 3.63) is 108 Å². The van der Waals surface area contributed by atoms with Gasteiger partial charge in [0.1, 0.15) is 0 Å². The van der Waals surface area contributed by atoms with Crippen molar-refractivity contribution in [3.8, 4) is 0 Å². The van der Waals surface area contributed by atoms with Crippen LogP contribution in [0.2, 0.25) is 0 Å². The number of nitrogens with zero attached hydrogens (tertiary/aromatic N) is 2. The Labute approximate surface area is 212 Å². The van der Waals surface area contributed by atoms with Crippen LogP contribution in [-0.2, 0) is 16.5 Å². The Morgan fingerprint density at radius 2 is 0.857 bits per heavy atom. The molecule has 0 spiro atoms. The van der Waals surface area contributed by atoms with E-state index in [4.69, 9.17) is 0 Å². The number of hydrogen-bond donors (Lipinski definition) is 2. The molecule has 8 nitrogen and oxygen atoms in total. The number of aromatic nitrogens is 4. The maximum Gasteiger partial charge on any atom is 0.0659 e. The first-order chi connectivity index (χ1) is 14.8. The monoisotopic (exact) mass is 517 g/mol. The molecule has 9 heteroatoms. The van der Waals surface area contributed by atoms with Crippen LogP contribution in [0.15, 0.2) is 78.9 Å². The average Bonchev–Trinajstić information content (AvgIpc) is 3.56. The van der Waals surface area contributed by atoms with Crippen LogP contribution in [-0.4, -0.2) is 41.8 Å². The number of H-pyrrole nitrogens is 2. The van der Waals surface area contributed by atoms with Crippen LogP contribution in [0.5, 0.6) is 0 Å². The summed E-state index contributed by atoms with van der Waals surface area (Å²) in [5.41, 5.74) is 7.86. The third-order valence-corrected chi connectivity index (χ3v) is 4.65. The summed E-state index contributed by atoms with van der Waals surface area (Å²) >= 11 is 0. The molecule has 6 rings (SSSR count).